The van der Waals surface area contributed by atoms with E-state index in [0.717, 1.165) is 36.2 Å². The number of rotatable bonds is 9. The smallest absolute Gasteiger partial charge is 0.308 e. The molecule has 240 valence electrons. The molecule has 0 aromatic heterocycles. The maximum Gasteiger partial charge on any atom is 0.308 e. The number of hydrogen-bond donors (Lipinski definition) is 1. The van der Waals surface area contributed by atoms with E-state index in [2.05, 4.69) is 49.1 Å². The molecule has 2 unspecified atom stereocenters. The molecule has 2 aliphatic carbocycles. The quantitative estimate of drug-likeness (QED) is 0.191. The Morgan fingerprint density at radius 2 is 1.80 bits per heavy atom. The lowest BCUT2D eigenvalue weighted by Crippen LogP contribution is -2.78. The van der Waals surface area contributed by atoms with Gasteiger partial charge >= 0.3 is 5.97 Å². The van der Waals surface area contributed by atoms with Crippen molar-refractivity contribution in [3.8, 4) is 11.5 Å². The maximum atomic E-state index is 14.1. The van der Waals surface area contributed by atoms with Crippen LogP contribution in [0, 0.1) is 5.92 Å². The average Bonchev–Trinajstić information content (AvgIpc) is 3.40. The van der Waals surface area contributed by atoms with Crippen molar-refractivity contribution in [3.63, 3.8) is 0 Å². The van der Waals surface area contributed by atoms with E-state index in [9.17, 15) is 14.7 Å². The van der Waals surface area contributed by atoms with E-state index in [0.29, 0.717) is 43.7 Å². The van der Waals surface area contributed by atoms with Crippen molar-refractivity contribution < 1.29 is 24.2 Å². The van der Waals surface area contributed by atoms with Gasteiger partial charge in [0, 0.05) is 37.7 Å². The molecule has 2 bridgehead atoms. The van der Waals surface area contributed by atoms with Gasteiger partial charge in [0.05, 0.1) is 17.1 Å². The molecule has 5 atom stereocenters. The SMILES string of the molecule is CC(=O)Oc1ccc2c3c1OC1C(N(CC(C)C)C(=O)/C=C/c4ccccc4)CC[C@@]4(O)[C@@H](C2)N(CCc2ccccc2)CC[C@]314. The van der Waals surface area contributed by atoms with E-state index in [1.807, 2.05) is 53.4 Å². The van der Waals surface area contributed by atoms with Crippen molar-refractivity contribution in [1.82, 2.24) is 9.80 Å². The van der Waals surface area contributed by atoms with Crippen molar-refractivity contribution in [2.45, 2.75) is 82.1 Å². The van der Waals surface area contributed by atoms with E-state index in [4.69, 9.17) is 9.47 Å². The number of carbonyl (C=O) groups is 2. The normalized spacial score (nSPS) is 27.7. The number of piperidine rings is 1. The second kappa shape index (κ2) is 12.0. The molecule has 3 aromatic carbocycles. The summed E-state index contributed by atoms with van der Waals surface area (Å²) in [5.74, 6) is 0.730. The molecule has 1 spiro atoms. The molecule has 7 rings (SSSR count). The van der Waals surface area contributed by atoms with Crippen LogP contribution >= 0.6 is 0 Å². The van der Waals surface area contributed by atoms with Crippen LogP contribution in [0.25, 0.3) is 6.08 Å². The van der Waals surface area contributed by atoms with Gasteiger partial charge in [0.1, 0.15) is 6.10 Å². The van der Waals surface area contributed by atoms with E-state index < -0.39 is 23.1 Å². The van der Waals surface area contributed by atoms with Crippen molar-refractivity contribution >= 4 is 18.0 Å². The second-order valence-corrected chi connectivity index (χ2v) is 13.9. The lowest BCUT2D eigenvalue weighted by Gasteiger charge is -2.65. The Hall–Kier alpha value is -3.94. The van der Waals surface area contributed by atoms with Crippen molar-refractivity contribution in [2.75, 3.05) is 19.6 Å². The van der Waals surface area contributed by atoms with Gasteiger partial charge in [0.2, 0.25) is 5.91 Å². The first-order valence-electron chi connectivity index (χ1n) is 16.8. The van der Waals surface area contributed by atoms with Crippen LogP contribution in [0.1, 0.15) is 62.3 Å². The van der Waals surface area contributed by atoms with Crippen LogP contribution in [0.2, 0.25) is 0 Å². The molecule has 46 heavy (non-hydrogen) atoms. The van der Waals surface area contributed by atoms with Gasteiger partial charge in [-0.2, -0.15) is 0 Å². The van der Waals surface area contributed by atoms with Gasteiger partial charge in [-0.25, -0.2) is 0 Å². The number of nitrogens with zero attached hydrogens (tertiary/aromatic N) is 2. The Labute approximate surface area is 271 Å². The topological polar surface area (TPSA) is 79.3 Å². The first kappa shape index (κ1) is 30.7. The molecule has 0 radical (unpaired) electrons. The van der Waals surface area contributed by atoms with Crippen LogP contribution in [0.15, 0.2) is 78.9 Å². The third-order valence-corrected chi connectivity index (χ3v) is 10.8. The molecule has 2 aliphatic heterocycles. The number of hydrogen-bond acceptors (Lipinski definition) is 6. The standard InChI is InChI=1S/C39H44N2O5/c1-26(2)25-41(34(43)17-14-28-10-6-4-7-11-28)31-18-20-39(44)33-24-30-15-16-32(45-27(3)42)36-35(30)38(39,37(31)46-36)21-23-40(33)22-19-29-12-8-5-9-13-29/h4-17,26,31,33,37,44H,18-25H2,1-3H3/b17-14+/t31?,33-,37?,38+,39-/m1/s1. The molecular weight excluding hydrogens is 576 g/mol. The van der Waals surface area contributed by atoms with E-state index in [-0.39, 0.29) is 23.9 Å². The van der Waals surface area contributed by atoms with Crippen LogP contribution in [0.3, 0.4) is 0 Å². The van der Waals surface area contributed by atoms with Crippen LogP contribution in [-0.4, -0.2) is 70.2 Å². The van der Waals surface area contributed by atoms with Crippen LogP contribution in [0.4, 0.5) is 0 Å². The molecule has 4 aliphatic rings. The first-order valence-corrected chi connectivity index (χ1v) is 16.8. The van der Waals surface area contributed by atoms with Crippen LogP contribution < -0.4 is 9.47 Å². The van der Waals surface area contributed by atoms with Gasteiger partial charge < -0.3 is 19.5 Å². The molecule has 2 fully saturated rings. The Bertz CT molecular complexity index is 1640. The van der Waals surface area contributed by atoms with Crippen molar-refractivity contribution in [2.24, 2.45) is 5.92 Å². The van der Waals surface area contributed by atoms with Gasteiger partial charge in [-0.05, 0) is 73.4 Å². The number of aliphatic hydroxyl groups is 1. The summed E-state index contributed by atoms with van der Waals surface area (Å²) in [7, 11) is 0. The minimum atomic E-state index is -1.05. The fourth-order valence-electron chi connectivity index (χ4n) is 8.94. The number of benzene rings is 3. The Morgan fingerprint density at radius 3 is 2.52 bits per heavy atom. The molecule has 1 saturated carbocycles. The number of ether oxygens (including phenoxy) is 2. The van der Waals surface area contributed by atoms with Crippen LogP contribution in [-0.2, 0) is 27.8 Å². The summed E-state index contributed by atoms with van der Waals surface area (Å²) >= 11 is 0. The molecule has 7 nitrogen and oxygen atoms in total. The first-order chi connectivity index (χ1) is 22.2. The summed E-state index contributed by atoms with van der Waals surface area (Å²) in [5, 5.41) is 13.1. The van der Waals surface area contributed by atoms with Gasteiger partial charge in [0.25, 0.3) is 0 Å². The van der Waals surface area contributed by atoms with Crippen molar-refractivity contribution in [1.29, 1.82) is 0 Å². The van der Waals surface area contributed by atoms with E-state index >= 15 is 0 Å². The highest BCUT2D eigenvalue weighted by Gasteiger charge is 2.73. The number of esters is 1. The molecule has 1 N–H and O–H groups in total. The Balaban J connectivity index is 1.28. The van der Waals surface area contributed by atoms with Gasteiger partial charge in [-0.3, -0.25) is 14.5 Å². The van der Waals surface area contributed by atoms with Gasteiger partial charge in [0.15, 0.2) is 11.5 Å². The summed E-state index contributed by atoms with van der Waals surface area (Å²) in [6.45, 7) is 7.90. The summed E-state index contributed by atoms with van der Waals surface area (Å²) in [5.41, 5.74) is 2.61. The van der Waals surface area contributed by atoms with Gasteiger partial charge in [-0.15, -0.1) is 0 Å². The number of likely N-dealkylation sites (tertiary alicyclic amines) is 1. The summed E-state index contributed by atoms with van der Waals surface area (Å²) in [6, 6.07) is 23.9. The average molecular weight is 621 g/mol. The number of carbonyl (C=O) groups excluding carboxylic acids is 2. The predicted octanol–water partition coefficient (Wildman–Crippen LogP) is 5.58. The fourth-order valence-corrected chi connectivity index (χ4v) is 8.94. The molecular formula is C39H44N2O5. The zero-order valence-corrected chi connectivity index (χ0v) is 27.0. The fraction of sp³-hybridized carbons (Fsp3) is 0.436. The minimum Gasteiger partial charge on any atom is -0.483 e. The van der Waals surface area contributed by atoms with E-state index in [1.54, 1.807) is 6.08 Å². The van der Waals surface area contributed by atoms with Crippen LogP contribution in [0.5, 0.6) is 11.5 Å². The van der Waals surface area contributed by atoms with Gasteiger partial charge in [-0.1, -0.05) is 80.6 Å². The molecule has 1 amide bonds. The summed E-state index contributed by atoms with van der Waals surface area (Å²) in [6.07, 6.45) is 6.56. The third-order valence-electron chi connectivity index (χ3n) is 10.8. The second-order valence-electron chi connectivity index (χ2n) is 13.9. The molecule has 2 heterocycles. The zero-order chi connectivity index (χ0) is 32.1. The minimum absolute atomic E-state index is 0.0583. The number of amides is 1. The highest BCUT2D eigenvalue weighted by molar-refractivity contribution is 5.92. The monoisotopic (exact) mass is 620 g/mol. The lowest BCUT2D eigenvalue weighted by atomic mass is 9.48. The van der Waals surface area contributed by atoms with E-state index in [1.165, 1.54) is 12.5 Å². The summed E-state index contributed by atoms with van der Waals surface area (Å²) in [4.78, 5) is 30.7. The third kappa shape index (κ3) is 5.05. The molecule has 7 heteroatoms. The Morgan fingerprint density at radius 1 is 1.07 bits per heavy atom. The highest BCUT2D eigenvalue weighted by atomic mass is 16.6. The largest absolute Gasteiger partial charge is 0.483 e. The Kier molecular flexibility index (Phi) is 8.02. The zero-order valence-electron chi connectivity index (χ0n) is 27.0. The maximum absolute atomic E-state index is 14.1. The lowest BCUT2D eigenvalue weighted by molar-refractivity contribution is -0.201. The molecule has 3 aromatic rings. The predicted molar refractivity (Wildman–Crippen MR) is 178 cm³/mol. The van der Waals surface area contributed by atoms with Crippen molar-refractivity contribution in [3.05, 3.63) is 101 Å². The molecule has 1 saturated heterocycles. The summed E-state index contributed by atoms with van der Waals surface area (Å²) < 4.78 is 12.7. The highest BCUT2D eigenvalue weighted by Crippen LogP contribution is 2.66.